The fraction of sp³-hybridized carbons (Fsp3) is 0.0909. The van der Waals surface area contributed by atoms with Crippen molar-refractivity contribution < 1.29 is 43.0 Å². The Morgan fingerprint density at radius 3 is 0.857 bits per heavy atom. The topological polar surface area (TPSA) is 130 Å². The van der Waals surface area contributed by atoms with E-state index in [0.29, 0.717) is 16.7 Å². The van der Waals surface area contributed by atoms with Crippen molar-refractivity contribution in [3.05, 3.63) is 143 Å². The molecule has 0 saturated heterocycles. The highest BCUT2D eigenvalue weighted by molar-refractivity contribution is 6.45. The average molecular weight is 565 g/mol. The molecule has 0 radical (unpaired) electrons. The van der Waals surface area contributed by atoms with E-state index in [0.717, 1.165) is 18.2 Å². The van der Waals surface area contributed by atoms with E-state index in [-0.39, 0.29) is 19.8 Å². The predicted molar refractivity (Wildman–Crippen MR) is 148 cm³/mol. The van der Waals surface area contributed by atoms with Crippen LogP contribution in [0.25, 0.3) is 0 Å². The minimum Gasteiger partial charge on any atom is -0.455 e. The van der Waals surface area contributed by atoms with Crippen LogP contribution in [0.2, 0.25) is 0 Å². The largest absolute Gasteiger partial charge is 0.455 e. The van der Waals surface area contributed by atoms with E-state index in [1.54, 1.807) is 91.0 Å². The number of benzene rings is 4. The van der Waals surface area contributed by atoms with Gasteiger partial charge in [-0.3, -0.25) is 14.4 Å². The van der Waals surface area contributed by atoms with Crippen LogP contribution in [-0.2, 0) is 48.4 Å². The Labute approximate surface area is 240 Å². The predicted octanol–water partition coefficient (Wildman–Crippen LogP) is 4.46. The maximum Gasteiger partial charge on any atom is 0.380 e. The second-order valence-electron chi connectivity index (χ2n) is 8.97. The zero-order chi connectivity index (χ0) is 29.9. The number of ketones is 3. The molecule has 0 aliphatic rings. The Morgan fingerprint density at radius 1 is 0.381 bits per heavy atom. The second-order valence-corrected chi connectivity index (χ2v) is 8.97. The first kappa shape index (κ1) is 29.3. The van der Waals surface area contributed by atoms with Crippen LogP contribution in [0, 0.1) is 0 Å². The van der Waals surface area contributed by atoms with E-state index in [4.69, 9.17) is 14.2 Å². The standard InChI is InChI=1S/C33H24O9/c34-28(31(37)40-19-22-10-4-1-5-11-22)25-16-26(29(35)32(38)41-20-23-12-6-2-7-13-23)18-27(17-25)30(36)33(39)42-21-24-14-8-3-9-15-24/h1-18H,19-21H2. The van der Waals surface area contributed by atoms with Crippen LogP contribution in [0.1, 0.15) is 47.8 Å². The van der Waals surface area contributed by atoms with Crippen LogP contribution in [-0.4, -0.2) is 35.3 Å². The first-order valence-corrected chi connectivity index (χ1v) is 12.7. The van der Waals surface area contributed by atoms with E-state index >= 15 is 0 Å². The summed E-state index contributed by atoms with van der Waals surface area (Å²) in [7, 11) is 0. The molecule has 0 aliphatic heterocycles. The summed E-state index contributed by atoms with van der Waals surface area (Å²) >= 11 is 0. The summed E-state index contributed by atoms with van der Waals surface area (Å²) in [6.07, 6.45) is 0. The number of ether oxygens (including phenoxy) is 3. The van der Waals surface area contributed by atoms with Crippen molar-refractivity contribution in [2.24, 2.45) is 0 Å². The molecule has 0 aromatic heterocycles. The van der Waals surface area contributed by atoms with Gasteiger partial charge in [-0.1, -0.05) is 91.0 Å². The molecule has 210 valence electrons. The van der Waals surface area contributed by atoms with Gasteiger partial charge in [0, 0.05) is 16.7 Å². The highest BCUT2D eigenvalue weighted by atomic mass is 16.5. The second kappa shape index (κ2) is 14.1. The zero-order valence-corrected chi connectivity index (χ0v) is 22.2. The molecule has 0 N–H and O–H groups in total. The Bertz CT molecular complexity index is 1410. The minimum absolute atomic E-state index is 0.201. The lowest BCUT2D eigenvalue weighted by Gasteiger charge is -2.09. The fourth-order valence-electron chi connectivity index (χ4n) is 3.74. The molecular formula is C33H24O9. The van der Waals surface area contributed by atoms with Crippen LogP contribution in [0.15, 0.2) is 109 Å². The van der Waals surface area contributed by atoms with Crippen molar-refractivity contribution in [1.29, 1.82) is 0 Å². The van der Waals surface area contributed by atoms with Crippen LogP contribution in [0.3, 0.4) is 0 Å². The van der Waals surface area contributed by atoms with Crippen molar-refractivity contribution in [1.82, 2.24) is 0 Å². The molecule has 0 unspecified atom stereocenters. The van der Waals surface area contributed by atoms with Crippen molar-refractivity contribution in [2.45, 2.75) is 19.8 Å². The number of carbonyl (C=O) groups excluding carboxylic acids is 6. The SMILES string of the molecule is O=C(OCc1ccccc1)C(=O)c1cc(C(=O)C(=O)OCc2ccccc2)cc(C(=O)C(=O)OCc2ccccc2)c1. The van der Waals surface area contributed by atoms with Crippen LogP contribution in [0.4, 0.5) is 0 Å². The quantitative estimate of drug-likeness (QED) is 0.106. The first-order chi connectivity index (χ1) is 20.3. The van der Waals surface area contributed by atoms with E-state index in [1.807, 2.05) is 0 Å². The van der Waals surface area contributed by atoms with Gasteiger partial charge in [-0.2, -0.15) is 0 Å². The summed E-state index contributed by atoms with van der Waals surface area (Å²) in [5.41, 5.74) is 0.569. The van der Waals surface area contributed by atoms with Gasteiger partial charge in [0.05, 0.1) is 0 Å². The molecule has 42 heavy (non-hydrogen) atoms. The summed E-state index contributed by atoms with van der Waals surface area (Å²) in [6.45, 7) is -0.603. The number of hydrogen-bond donors (Lipinski definition) is 0. The van der Waals surface area contributed by atoms with E-state index in [1.165, 1.54) is 0 Å². The molecule has 9 nitrogen and oxygen atoms in total. The van der Waals surface area contributed by atoms with Gasteiger partial charge in [-0.15, -0.1) is 0 Å². The molecule has 4 aromatic rings. The Kier molecular flexibility index (Phi) is 9.82. The van der Waals surface area contributed by atoms with Crippen molar-refractivity contribution in [2.75, 3.05) is 0 Å². The van der Waals surface area contributed by atoms with Crippen molar-refractivity contribution >= 4 is 35.3 Å². The normalized spacial score (nSPS) is 10.3. The number of carbonyl (C=O) groups is 6. The van der Waals surface area contributed by atoms with Crippen LogP contribution < -0.4 is 0 Å². The third-order valence-electron chi connectivity index (χ3n) is 5.91. The smallest absolute Gasteiger partial charge is 0.380 e. The molecule has 0 aliphatic carbocycles. The molecule has 0 amide bonds. The lowest BCUT2D eigenvalue weighted by molar-refractivity contribution is -0.140. The molecule has 0 atom stereocenters. The fourth-order valence-corrected chi connectivity index (χ4v) is 3.74. The number of hydrogen-bond acceptors (Lipinski definition) is 9. The first-order valence-electron chi connectivity index (χ1n) is 12.7. The highest BCUT2D eigenvalue weighted by Gasteiger charge is 2.27. The number of esters is 3. The summed E-state index contributed by atoms with van der Waals surface area (Å²) in [5, 5.41) is 0. The van der Waals surface area contributed by atoms with Crippen LogP contribution in [0.5, 0.6) is 0 Å². The van der Waals surface area contributed by atoms with Crippen LogP contribution >= 0.6 is 0 Å². The van der Waals surface area contributed by atoms with Crippen molar-refractivity contribution in [3.8, 4) is 0 Å². The number of rotatable bonds is 12. The van der Waals surface area contributed by atoms with Gasteiger partial charge in [-0.25, -0.2) is 14.4 Å². The molecule has 0 fully saturated rings. The molecule has 4 aromatic carbocycles. The molecule has 0 spiro atoms. The Hall–Kier alpha value is -5.70. The van der Waals surface area contributed by atoms with Gasteiger partial charge in [0.2, 0.25) is 0 Å². The molecule has 4 rings (SSSR count). The molecule has 0 bridgehead atoms. The molecular weight excluding hydrogens is 540 g/mol. The highest BCUT2D eigenvalue weighted by Crippen LogP contribution is 2.16. The van der Waals surface area contributed by atoms with Gasteiger partial charge in [0.25, 0.3) is 17.3 Å². The molecule has 9 heteroatoms. The Balaban J connectivity index is 1.55. The third-order valence-corrected chi connectivity index (χ3v) is 5.91. The lowest BCUT2D eigenvalue weighted by atomic mass is 9.98. The van der Waals surface area contributed by atoms with Gasteiger partial charge in [-0.05, 0) is 34.9 Å². The zero-order valence-electron chi connectivity index (χ0n) is 22.2. The summed E-state index contributed by atoms with van der Waals surface area (Å²) < 4.78 is 15.2. The summed E-state index contributed by atoms with van der Waals surface area (Å²) in [6, 6.07) is 28.7. The average Bonchev–Trinajstić information content (AvgIpc) is 3.05. The molecule has 0 saturated carbocycles. The maximum atomic E-state index is 12.9. The maximum absolute atomic E-state index is 12.9. The van der Waals surface area contributed by atoms with E-state index in [2.05, 4.69) is 0 Å². The van der Waals surface area contributed by atoms with Gasteiger partial charge < -0.3 is 14.2 Å². The van der Waals surface area contributed by atoms with Crippen molar-refractivity contribution in [3.63, 3.8) is 0 Å². The van der Waals surface area contributed by atoms with Gasteiger partial charge >= 0.3 is 17.9 Å². The minimum atomic E-state index is -1.26. The summed E-state index contributed by atoms with van der Waals surface area (Å²) in [5.74, 6) is -7.36. The summed E-state index contributed by atoms with van der Waals surface area (Å²) in [4.78, 5) is 76.5. The Morgan fingerprint density at radius 2 is 0.619 bits per heavy atom. The number of Topliss-reactive ketones (excluding diaryl/α,β-unsaturated/α-hetero) is 3. The van der Waals surface area contributed by atoms with Gasteiger partial charge in [0.15, 0.2) is 0 Å². The molecule has 0 heterocycles. The lowest BCUT2D eigenvalue weighted by Crippen LogP contribution is -2.23. The monoisotopic (exact) mass is 564 g/mol. The van der Waals surface area contributed by atoms with E-state index in [9.17, 15) is 28.8 Å². The third kappa shape index (κ3) is 7.92. The van der Waals surface area contributed by atoms with Gasteiger partial charge in [0.1, 0.15) is 19.8 Å². The van der Waals surface area contributed by atoms with E-state index < -0.39 is 51.9 Å².